The Morgan fingerprint density at radius 2 is 2.09 bits per heavy atom. The fraction of sp³-hybridized carbons (Fsp3) is 0.571. The molecule has 0 aromatic carbocycles. The maximum Gasteiger partial charge on any atom is 0.311 e. The number of carboxylic acid groups (broad SMARTS) is 1. The Kier molecular flexibility index (Phi) is 4.50. The molecule has 0 bridgehead atoms. The van der Waals surface area contributed by atoms with Crippen molar-refractivity contribution in [1.82, 2.24) is 4.98 Å². The van der Waals surface area contributed by atoms with Crippen molar-refractivity contribution in [2.45, 2.75) is 27.2 Å². The van der Waals surface area contributed by atoms with E-state index < -0.39 is 23.2 Å². The number of esters is 1. The molecule has 22 heavy (non-hydrogen) atoms. The number of carboxylic acids is 1. The molecule has 0 aliphatic heterocycles. The highest BCUT2D eigenvalue weighted by Gasteiger charge is 2.65. The van der Waals surface area contributed by atoms with Gasteiger partial charge in [-0.15, -0.1) is 11.3 Å². The van der Waals surface area contributed by atoms with Gasteiger partial charge in [0.15, 0.2) is 5.13 Å². The van der Waals surface area contributed by atoms with E-state index >= 15 is 0 Å². The van der Waals surface area contributed by atoms with Crippen LogP contribution in [0.25, 0.3) is 0 Å². The third kappa shape index (κ3) is 3.27. The number of carbonyl (C=O) groups excluding carboxylic acids is 2. The van der Waals surface area contributed by atoms with E-state index in [4.69, 9.17) is 9.84 Å². The van der Waals surface area contributed by atoms with Gasteiger partial charge in [0.05, 0.1) is 30.6 Å². The number of carbonyl (C=O) groups is 3. The lowest BCUT2D eigenvalue weighted by atomic mass is 10.1. The minimum absolute atomic E-state index is 0.0485. The Morgan fingerprint density at radius 3 is 2.64 bits per heavy atom. The Labute approximate surface area is 131 Å². The highest BCUT2D eigenvalue weighted by atomic mass is 32.1. The number of amides is 1. The second kappa shape index (κ2) is 6.04. The maximum atomic E-state index is 12.1. The Bertz CT molecular complexity index is 610. The molecule has 1 heterocycles. The number of thiazole rings is 1. The number of anilines is 1. The van der Waals surface area contributed by atoms with Crippen LogP contribution in [0, 0.1) is 17.3 Å². The van der Waals surface area contributed by atoms with Crippen LogP contribution in [0.15, 0.2) is 5.38 Å². The van der Waals surface area contributed by atoms with Crippen LogP contribution in [-0.4, -0.2) is 34.5 Å². The first-order valence-corrected chi connectivity index (χ1v) is 7.79. The van der Waals surface area contributed by atoms with Gasteiger partial charge in [-0.2, -0.15) is 0 Å². The SMILES string of the molecule is CCOC(=O)Cc1csc(NC(=O)C2C(C(=O)O)C2(C)C)n1. The smallest absolute Gasteiger partial charge is 0.311 e. The molecule has 2 atom stereocenters. The fourth-order valence-electron chi connectivity index (χ4n) is 2.58. The summed E-state index contributed by atoms with van der Waals surface area (Å²) < 4.78 is 4.83. The van der Waals surface area contributed by atoms with Crippen molar-refractivity contribution in [3.8, 4) is 0 Å². The van der Waals surface area contributed by atoms with Crippen molar-refractivity contribution in [2.24, 2.45) is 17.3 Å². The Balaban J connectivity index is 1.95. The second-order valence-electron chi connectivity index (χ2n) is 5.73. The molecular formula is C14H18N2O5S. The van der Waals surface area contributed by atoms with E-state index in [0.717, 1.165) is 0 Å². The van der Waals surface area contributed by atoms with Crippen LogP contribution in [0.2, 0.25) is 0 Å². The number of aromatic nitrogens is 1. The summed E-state index contributed by atoms with van der Waals surface area (Å²) in [4.78, 5) is 38.7. The molecule has 2 N–H and O–H groups in total. The fourth-order valence-corrected chi connectivity index (χ4v) is 3.29. The number of hydrogen-bond donors (Lipinski definition) is 2. The molecule has 8 heteroatoms. The molecule has 120 valence electrons. The van der Waals surface area contributed by atoms with Gasteiger partial charge in [-0.25, -0.2) is 4.98 Å². The zero-order valence-corrected chi connectivity index (χ0v) is 13.4. The number of hydrogen-bond acceptors (Lipinski definition) is 6. The molecule has 1 saturated carbocycles. The predicted molar refractivity (Wildman–Crippen MR) is 79.5 cm³/mol. The first-order valence-electron chi connectivity index (χ1n) is 6.91. The summed E-state index contributed by atoms with van der Waals surface area (Å²) >= 11 is 1.19. The van der Waals surface area contributed by atoms with Crippen molar-refractivity contribution < 1.29 is 24.2 Å². The van der Waals surface area contributed by atoms with Gasteiger partial charge in [0.25, 0.3) is 0 Å². The molecule has 7 nitrogen and oxygen atoms in total. The second-order valence-corrected chi connectivity index (χ2v) is 6.59. The number of ether oxygens (including phenoxy) is 1. The van der Waals surface area contributed by atoms with E-state index in [1.807, 2.05) is 0 Å². The summed E-state index contributed by atoms with van der Waals surface area (Å²) in [5, 5.41) is 13.7. The minimum atomic E-state index is -0.965. The van der Waals surface area contributed by atoms with Gasteiger partial charge in [0.2, 0.25) is 5.91 Å². The maximum absolute atomic E-state index is 12.1. The van der Waals surface area contributed by atoms with E-state index in [-0.39, 0.29) is 18.3 Å². The van der Waals surface area contributed by atoms with Crippen LogP contribution >= 0.6 is 11.3 Å². The summed E-state index contributed by atoms with van der Waals surface area (Å²) in [6, 6.07) is 0. The van der Waals surface area contributed by atoms with Gasteiger partial charge >= 0.3 is 11.9 Å². The largest absolute Gasteiger partial charge is 0.481 e. The number of rotatable bonds is 6. The Hall–Kier alpha value is -1.96. The molecule has 2 rings (SSSR count). The molecule has 1 aliphatic rings. The van der Waals surface area contributed by atoms with Gasteiger partial charge in [-0.3, -0.25) is 14.4 Å². The molecule has 0 radical (unpaired) electrons. The predicted octanol–water partition coefficient (Wildman–Crippen LogP) is 1.54. The van der Waals surface area contributed by atoms with Gasteiger partial charge in [-0.1, -0.05) is 13.8 Å². The third-order valence-electron chi connectivity index (χ3n) is 3.79. The monoisotopic (exact) mass is 326 g/mol. The summed E-state index contributed by atoms with van der Waals surface area (Å²) in [5.41, 5.74) is -0.0374. The molecule has 2 unspecified atom stereocenters. The van der Waals surface area contributed by atoms with Gasteiger partial charge in [-0.05, 0) is 12.3 Å². The summed E-state index contributed by atoms with van der Waals surface area (Å²) in [7, 11) is 0. The van der Waals surface area contributed by atoms with Crippen LogP contribution in [0.3, 0.4) is 0 Å². The van der Waals surface area contributed by atoms with E-state index in [0.29, 0.717) is 17.4 Å². The molecule has 1 fully saturated rings. The van der Waals surface area contributed by atoms with E-state index in [9.17, 15) is 14.4 Å². The quantitative estimate of drug-likeness (QED) is 0.768. The highest BCUT2D eigenvalue weighted by Crippen LogP contribution is 2.58. The summed E-state index contributed by atoms with van der Waals surface area (Å²) in [6.45, 7) is 5.54. The van der Waals surface area contributed by atoms with E-state index in [1.54, 1.807) is 26.2 Å². The zero-order chi connectivity index (χ0) is 16.5. The minimum Gasteiger partial charge on any atom is -0.481 e. The van der Waals surface area contributed by atoms with Crippen LogP contribution in [0.4, 0.5) is 5.13 Å². The van der Waals surface area contributed by atoms with E-state index in [1.165, 1.54) is 11.3 Å². The molecule has 1 aromatic heterocycles. The zero-order valence-electron chi connectivity index (χ0n) is 12.6. The number of nitrogens with one attached hydrogen (secondary N) is 1. The van der Waals surface area contributed by atoms with E-state index in [2.05, 4.69) is 10.3 Å². The average Bonchev–Trinajstić information content (AvgIpc) is 2.74. The summed E-state index contributed by atoms with van der Waals surface area (Å²) in [6.07, 6.45) is 0.0485. The molecular weight excluding hydrogens is 308 g/mol. The van der Waals surface area contributed by atoms with Crippen molar-refractivity contribution >= 4 is 34.3 Å². The van der Waals surface area contributed by atoms with Crippen molar-refractivity contribution in [3.63, 3.8) is 0 Å². The molecule has 0 saturated heterocycles. The van der Waals surface area contributed by atoms with Gasteiger partial charge < -0.3 is 15.2 Å². The first kappa shape index (κ1) is 16.4. The first-order chi connectivity index (χ1) is 10.3. The lowest BCUT2D eigenvalue weighted by Gasteiger charge is -2.02. The average molecular weight is 326 g/mol. The lowest BCUT2D eigenvalue weighted by Crippen LogP contribution is -2.17. The normalized spacial score (nSPS) is 22.0. The van der Waals surface area contributed by atoms with Gasteiger partial charge in [0, 0.05) is 5.38 Å². The van der Waals surface area contributed by atoms with Crippen LogP contribution in [-0.2, 0) is 25.5 Å². The van der Waals surface area contributed by atoms with Gasteiger partial charge in [0.1, 0.15) is 0 Å². The molecule has 1 aliphatic carbocycles. The molecule has 1 amide bonds. The molecule has 1 aromatic rings. The highest BCUT2D eigenvalue weighted by molar-refractivity contribution is 7.13. The number of aliphatic carboxylic acids is 1. The third-order valence-corrected chi connectivity index (χ3v) is 4.60. The Morgan fingerprint density at radius 1 is 1.41 bits per heavy atom. The van der Waals surface area contributed by atoms with Crippen molar-refractivity contribution in [1.29, 1.82) is 0 Å². The summed E-state index contributed by atoms with van der Waals surface area (Å²) in [5.74, 6) is -2.93. The van der Waals surface area contributed by atoms with Crippen molar-refractivity contribution in [3.05, 3.63) is 11.1 Å². The lowest BCUT2D eigenvalue weighted by molar-refractivity contribution is -0.142. The van der Waals surface area contributed by atoms with Crippen LogP contribution in [0.5, 0.6) is 0 Å². The van der Waals surface area contributed by atoms with Crippen molar-refractivity contribution in [2.75, 3.05) is 11.9 Å². The van der Waals surface area contributed by atoms with Crippen LogP contribution in [0.1, 0.15) is 26.5 Å². The molecule has 0 spiro atoms. The standard InChI is InChI=1S/C14H18N2O5S/c1-4-21-8(17)5-7-6-22-13(15-7)16-11(18)9-10(12(19)20)14(9,2)3/h6,9-10H,4-5H2,1-3H3,(H,19,20)(H,15,16,18). The van der Waals surface area contributed by atoms with Crippen LogP contribution < -0.4 is 5.32 Å². The number of nitrogens with zero attached hydrogens (tertiary/aromatic N) is 1. The topological polar surface area (TPSA) is 106 Å².